The molecule has 164 valence electrons. The Bertz CT molecular complexity index is 1000. The molecule has 2 rings (SSSR count). The van der Waals surface area contributed by atoms with Crippen LogP contribution in [0.2, 0.25) is 0 Å². The van der Waals surface area contributed by atoms with E-state index < -0.39 is 11.8 Å². The van der Waals surface area contributed by atoms with Gasteiger partial charge >= 0.3 is 11.8 Å². The van der Waals surface area contributed by atoms with E-state index >= 15 is 0 Å². The average molecular weight is 491 g/mol. The fourth-order valence-corrected chi connectivity index (χ4v) is 3.33. The number of likely N-dealkylation sites (N-methyl/N-ethyl adjacent to an activating group) is 1. The number of anilines is 1. The van der Waals surface area contributed by atoms with Gasteiger partial charge in [-0.2, -0.15) is 5.10 Å². The first-order chi connectivity index (χ1) is 14.7. The lowest BCUT2D eigenvalue weighted by Gasteiger charge is -2.14. The smallest absolute Gasteiger partial charge is 0.329 e. The zero-order valence-electron chi connectivity index (χ0n) is 17.5. The number of aryl methyl sites for hydroxylation is 2. The number of nitrogens with zero attached hydrogens (tertiary/aromatic N) is 1. The first-order valence-corrected chi connectivity index (χ1v) is 9.97. The van der Waals surface area contributed by atoms with Crippen molar-refractivity contribution >= 4 is 45.6 Å². The summed E-state index contributed by atoms with van der Waals surface area (Å²) in [6, 6.07) is 8.73. The van der Waals surface area contributed by atoms with Gasteiger partial charge in [0.15, 0.2) is 18.1 Å². The van der Waals surface area contributed by atoms with Crippen LogP contribution in [0.3, 0.4) is 0 Å². The van der Waals surface area contributed by atoms with Crippen molar-refractivity contribution in [2.75, 3.05) is 26.1 Å². The molecule has 0 saturated carbocycles. The van der Waals surface area contributed by atoms with Crippen LogP contribution in [-0.2, 0) is 14.4 Å². The van der Waals surface area contributed by atoms with Gasteiger partial charge in [0.05, 0.1) is 13.3 Å². The molecule has 0 unspecified atom stereocenters. The molecule has 2 aromatic rings. The van der Waals surface area contributed by atoms with E-state index in [9.17, 15) is 14.4 Å². The number of carbonyl (C=O) groups is 3. The summed E-state index contributed by atoms with van der Waals surface area (Å²) in [5.74, 6) is -1.24. The van der Waals surface area contributed by atoms with Crippen molar-refractivity contribution < 1.29 is 23.9 Å². The number of rotatable bonds is 7. The Balaban J connectivity index is 2.00. The molecule has 0 atom stereocenters. The molecule has 0 radical (unpaired) electrons. The zero-order valence-corrected chi connectivity index (χ0v) is 19.1. The quantitative estimate of drug-likeness (QED) is 0.312. The SMILES string of the molecule is CNC(=O)C(=O)N/N=C\c1ccc(OCC(=O)Nc2c(C)cc(Br)cc2C)c(OC)c1. The van der Waals surface area contributed by atoms with Crippen LogP contribution in [0.15, 0.2) is 39.9 Å². The second-order valence-electron chi connectivity index (χ2n) is 6.44. The first kappa shape index (κ1) is 23.9. The number of amides is 3. The molecular formula is C21H23BrN4O5. The molecule has 0 aromatic heterocycles. The molecule has 0 aliphatic heterocycles. The number of hydrogen-bond donors (Lipinski definition) is 3. The molecule has 0 bridgehead atoms. The first-order valence-electron chi connectivity index (χ1n) is 9.17. The predicted molar refractivity (Wildman–Crippen MR) is 121 cm³/mol. The van der Waals surface area contributed by atoms with Gasteiger partial charge in [-0.25, -0.2) is 5.43 Å². The summed E-state index contributed by atoms with van der Waals surface area (Å²) < 4.78 is 11.8. The minimum Gasteiger partial charge on any atom is -0.493 e. The molecule has 0 saturated heterocycles. The van der Waals surface area contributed by atoms with Gasteiger partial charge in [0, 0.05) is 17.2 Å². The van der Waals surface area contributed by atoms with E-state index in [4.69, 9.17) is 9.47 Å². The van der Waals surface area contributed by atoms with E-state index in [0.717, 1.165) is 21.3 Å². The Kier molecular flexibility index (Phi) is 8.56. The highest BCUT2D eigenvalue weighted by Crippen LogP contribution is 2.28. The van der Waals surface area contributed by atoms with Crippen molar-refractivity contribution in [1.29, 1.82) is 0 Å². The van der Waals surface area contributed by atoms with Crippen LogP contribution < -0.4 is 25.5 Å². The maximum atomic E-state index is 12.3. The fourth-order valence-electron chi connectivity index (χ4n) is 2.64. The summed E-state index contributed by atoms with van der Waals surface area (Å²) in [7, 11) is 2.81. The molecule has 31 heavy (non-hydrogen) atoms. The van der Waals surface area contributed by atoms with Crippen molar-refractivity contribution in [3.63, 3.8) is 0 Å². The van der Waals surface area contributed by atoms with Crippen LogP contribution in [0.4, 0.5) is 5.69 Å². The minimum absolute atomic E-state index is 0.207. The molecule has 3 N–H and O–H groups in total. The van der Waals surface area contributed by atoms with Crippen LogP contribution in [0.25, 0.3) is 0 Å². The highest BCUT2D eigenvalue weighted by atomic mass is 79.9. The van der Waals surface area contributed by atoms with Gasteiger partial charge in [-0.1, -0.05) is 15.9 Å². The molecule has 0 aliphatic rings. The van der Waals surface area contributed by atoms with Crippen LogP contribution in [0.1, 0.15) is 16.7 Å². The topological polar surface area (TPSA) is 118 Å². The predicted octanol–water partition coefficient (Wildman–Crippen LogP) is 2.29. The summed E-state index contributed by atoms with van der Waals surface area (Å²) in [5, 5.41) is 8.76. The third-order valence-corrected chi connectivity index (χ3v) is 4.58. The van der Waals surface area contributed by atoms with Crippen molar-refractivity contribution in [3.8, 4) is 11.5 Å². The summed E-state index contributed by atoms with van der Waals surface area (Å²) in [5.41, 5.74) is 5.30. The highest BCUT2D eigenvalue weighted by molar-refractivity contribution is 9.10. The Morgan fingerprint density at radius 1 is 1.06 bits per heavy atom. The zero-order chi connectivity index (χ0) is 23.0. The minimum atomic E-state index is -0.882. The third-order valence-electron chi connectivity index (χ3n) is 4.12. The van der Waals surface area contributed by atoms with E-state index in [1.807, 2.05) is 26.0 Å². The number of carbonyl (C=O) groups excluding carboxylic acids is 3. The number of nitrogens with one attached hydrogen (secondary N) is 3. The summed E-state index contributed by atoms with van der Waals surface area (Å²) in [6.07, 6.45) is 1.35. The van der Waals surface area contributed by atoms with Crippen molar-refractivity contribution in [3.05, 3.63) is 51.5 Å². The largest absolute Gasteiger partial charge is 0.493 e. The van der Waals surface area contributed by atoms with E-state index in [1.54, 1.807) is 18.2 Å². The number of hydrogen-bond acceptors (Lipinski definition) is 6. The van der Waals surface area contributed by atoms with Gasteiger partial charge in [-0.15, -0.1) is 0 Å². The molecule has 2 aromatic carbocycles. The molecule has 0 aliphatic carbocycles. The van der Waals surface area contributed by atoms with Gasteiger partial charge in [-0.05, 0) is 60.9 Å². The molecule has 0 fully saturated rings. The average Bonchev–Trinajstić information content (AvgIpc) is 2.74. The molecule has 9 nitrogen and oxygen atoms in total. The van der Waals surface area contributed by atoms with E-state index in [2.05, 4.69) is 37.1 Å². The number of halogens is 1. The Morgan fingerprint density at radius 2 is 1.74 bits per heavy atom. The van der Waals surface area contributed by atoms with Crippen molar-refractivity contribution in [1.82, 2.24) is 10.7 Å². The van der Waals surface area contributed by atoms with Crippen molar-refractivity contribution in [2.45, 2.75) is 13.8 Å². The molecule has 3 amide bonds. The highest BCUT2D eigenvalue weighted by Gasteiger charge is 2.12. The third kappa shape index (κ3) is 6.82. The molecule has 10 heteroatoms. The second-order valence-corrected chi connectivity index (χ2v) is 7.36. The monoisotopic (exact) mass is 490 g/mol. The molecule has 0 heterocycles. The van der Waals surface area contributed by atoms with Gasteiger partial charge in [0.1, 0.15) is 0 Å². The van der Waals surface area contributed by atoms with Crippen molar-refractivity contribution in [2.24, 2.45) is 5.10 Å². The van der Waals surface area contributed by atoms with Crippen LogP contribution in [0, 0.1) is 13.8 Å². The van der Waals surface area contributed by atoms with Gasteiger partial charge in [-0.3, -0.25) is 14.4 Å². The second kappa shape index (κ2) is 11.1. The normalized spacial score (nSPS) is 10.5. The van der Waals surface area contributed by atoms with Gasteiger partial charge < -0.3 is 20.1 Å². The van der Waals surface area contributed by atoms with E-state index in [0.29, 0.717) is 17.1 Å². The lowest BCUT2D eigenvalue weighted by atomic mass is 10.1. The number of ether oxygens (including phenoxy) is 2. The summed E-state index contributed by atoms with van der Waals surface area (Å²) in [4.78, 5) is 34.8. The number of hydrazone groups is 1. The maximum absolute atomic E-state index is 12.3. The lowest BCUT2D eigenvalue weighted by Crippen LogP contribution is -2.35. The number of methoxy groups -OCH3 is 1. The Labute approximate surface area is 188 Å². The van der Waals surface area contributed by atoms with E-state index in [-0.39, 0.29) is 12.5 Å². The standard InChI is InChI=1S/C21H23BrN4O5/c1-12-7-15(22)8-13(2)19(12)25-18(27)11-31-16-6-5-14(9-17(16)30-4)10-24-26-21(29)20(28)23-3/h5-10H,11H2,1-4H3,(H,23,28)(H,25,27)(H,26,29)/b24-10-. The summed E-state index contributed by atoms with van der Waals surface area (Å²) in [6.45, 7) is 3.62. The van der Waals surface area contributed by atoms with Crippen LogP contribution >= 0.6 is 15.9 Å². The molecule has 0 spiro atoms. The van der Waals surface area contributed by atoms with Crippen LogP contribution in [0.5, 0.6) is 11.5 Å². The lowest BCUT2D eigenvalue weighted by molar-refractivity contribution is -0.138. The molecular weight excluding hydrogens is 468 g/mol. The van der Waals surface area contributed by atoms with Gasteiger partial charge in [0.25, 0.3) is 5.91 Å². The Morgan fingerprint density at radius 3 is 2.35 bits per heavy atom. The van der Waals surface area contributed by atoms with Gasteiger partial charge in [0.2, 0.25) is 0 Å². The fraction of sp³-hybridized carbons (Fsp3) is 0.238. The number of benzene rings is 2. The summed E-state index contributed by atoms with van der Waals surface area (Å²) >= 11 is 3.43. The Hall–Kier alpha value is -3.40. The van der Waals surface area contributed by atoms with E-state index in [1.165, 1.54) is 20.4 Å². The van der Waals surface area contributed by atoms with Crippen LogP contribution in [-0.4, -0.2) is 44.7 Å². The maximum Gasteiger partial charge on any atom is 0.329 e.